The Balaban J connectivity index is 2.12. The minimum atomic E-state index is -0.917. The first kappa shape index (κ1) is 16.2. The van der Waals surface area contributed by atoms with Crippen molar-refractivity contribution in [3.8, 4) is 0 Å². The molecule has 0 aromatic heterocycles. The Labute approximate surface area is 141 Å². The molecule has 1 aliphatic rings. The number of benzene rings is 2. The maximum atomic E-state index is 12.7. The summed E-state index contributed by atoms with van der Waals surface area (Å²) in [5, 5.41) is 9.83. The lowest BCUT2D eigenvalue weighted by Crippen LogP contribution is -2.42. The van der Waals surface area contributed by atoms with Gasteiger partial charge in [0.05, 0.1) is 6.04 Å². The summed E-state index contributed by atoms with van der Waals surface area (Å²) in [7, 11) is 1.68. The molecule has 124 valence electrons. The average molecular weight is 323 g/mol. The molecular formula is C20H21NO3. The molecule has 2 atom stereocenters. The van der Waals surface area contributed by atoms with Crippen molar-refractivity contribution >= 4 is 11.9 Å². The second-order valence-corrected chi connectivity index (χ2v) is 6.59. The topological polar surface area (TPSA) is 57.6 Å². The van der Waals surface area contributed by atoms with Crippen molar-refractivity contribution in [3.63, 3.8) is 0 Å². The largest absolute Gasteiger partial charge is 0.481 e. The van der Waals surface area contributed by atoms with E-state index in [-0.39, 0.29) is 5.91 Å². The van der Waals surface area contributed by atoms with Crippen LogP contribution in [0.1, 0.15) is 58.8 Å². The molecule has 1 heterocycles. The van der Waals surface area contributed by atoms with Gasteiger partial charge in [0.25, 0.3) is 5.91 Å². The Bertz CT molecular complexity index is 780. The van der Waals surface area contributed by atoms with Crippen LogP contribution in [0.2, 0.25) is 0 Å². The van der Waals surface area contributed by atoms with Gasteiger partial charge in [0.15, 0.2) is 0 Å². The molecule has 2 aromatic rings. The van der Waals surface area contributed by atoms with Crippen molar-refractivity contribution in [2.75, 3.05) is 7.05 Å². The normalized spacial score (nSPS) is 20.2. The summed E-state index contributed by atoms with van der Waals surface area (Å²) in [5.41, 5.74) is 3.10. The monoisotopic (exact) mass is 323 g/mol. The number of carbonyl (C=O) groups is 2. The first-order valence-electron chi connectivity index (χ1n) is 8.10. The molecule has 2 aromatic carbocycles. The van der Waals surface area contributed by atoms with E-state index in [1.807, 2.05) is 24.3 Å². The van der Waals surface area contributed by atoms with E-state index in [1.165, 1.54) is 5.56 Å². The molecule has 1 N–H and O–H groups in total. The van der Waals surface area contributed by atoms with E-state index in [0.29, 0.717) is 17.0 Å². The van der Waals surface area contributed by atoms with Crippen LogP contribution in [0.25, 0.3) is 0 Å². The van der Waals surface area contributed by atoms with Gasteiger partial charge < -0.3 is 10.0 Å². The number of fused-ring (bicyclic) bond motifs is 1. The Kier molecular flexibility index (Phi) is 4.14. The molecule has 1 amide bonds. The van der Waals surface area contributed by atoms with E-state index in [9.17, 15) is 14.7 Å². The highest BCUT2D eigenvalue weighted by atomic mass is 16.4. The van der Waals surface area contributed by atoms with Gasteiger partial charge in [-0.3, -0.25) is 9.59 Å². The summed E-state index contributed by atoms with van der Waals surface area (Å²) in [6, 6.07) is 14.4. The fourth-order valence-electron chi connectivity index (χ4n) is 3.44. The van der Waals surface area contributed by atoms with E-state index in [4.69, 9.17) is 0 Å². The number of likely N-dealkylation sites (N-methyl/N-ethyl adjacent to an activating group) is 1. The summed E-state index contributed by atoms with van der Waals surface area (Å²) in [6.45, 7) is 4.23. The van der Waals surface area contributed by atoms with Crippen molar-refractivity contribution in [2.24, 2.45) is 0 Å². The molecule has 4 heteroatoms. The lowest BCUT2D eigenvalue weighted by Gasteiger charge is -2.38. The van der Waals surface area contributed by atoms with Gasteiger partial charge in [-0.15, -0.1) is 0 Å². The zero-order valence-electron chi connectivity index (χ0n) is 14.1. The number of aliphatic carboxylic acids is 1. The molecule has 0 fully saturated rings. The van der Waals surface area contributed by atoms with Crippen LogP contribution in [0.15, 0.2) is 48.5 Å². The van der Waals surface area contributed by atoms with Gasteiger partial charge in [-0.25, -0.2) is 0 Å². The number of carbonyl (C=O) groups excluding carboxylic acids is 1. The highest BCUT2D eigenvalue weighted by Crippen LogP contribution is 2.42. The van der Waals surface area contributed by atoms with Crippen LogP contribution in [0.4, 0.5) is 0 Å². The van der Waals surface area contributed by atoms with Crippen LogP contribution < -0.4 is 0 Å². The molecule has 0 saturated carbocycles. The number of carboxylic acid groups (broad SMARTS) is 1. The lowest BCUT2D eigenvalue weighted by molar-refractivity contribution is -0.140. The number of nitrogens with zero attached hydrogens (tertiary/aromatic N) is 1. The van der Waals surface area contributed by atoms with Crippen molar-refractivity contribution in [2.45, 2.75) is 31.7 Å². The summed E-state index contributed by atoms with van der Waals surface area (Å²) >= 11 is 0. The second-order valence-electron chi connectivity index (χ2n) is 6.59. The van der Waals surface area contributed by atoms with Gasteiger partial charge in [-0.1, -0.05) is 56.3 Å². The van der Waals surface area contributed by atoms with Crippen LogP contribution >= 0.6 is 0 Å². The summed E-state index contributed by atoms with van der Waals surface area (Å²) in [4.78, 5) is 26.2. The summed E-state index contributed by atoms with van der Waals surface area (Å²) < 4.78 is 0. The molecule has 0 spiro atoms. The van der Waals surface area contributed by atoms with E-state index >= 15 is 0 Å². The molecule has 0 radical (unpaired) electrons. The predicted molar refractivity (Wildman–Crippen MR) is 92.2 cm³/mol. The van der Waals surface area contributed by atoms with Gasteiger partial charge in [0.1, 0.15) is 5.92 Å². The van der Waals surface area contributed by atoms with Gasteiger partial charge in [0.2, 0.25) is 0 Å². The molecule has 0 aliphatic carbocycles. The number of rotatable bonds is 3. The Morgan fingerprint density at radius 2 is 1.71 bits per heavy atom. The SMILES string of the molecule is CC(C)c1ccc(C2C(C(=O)O)c3ccccc3C(=O)N2C)cc1. The fourth-order valence-corrected chi connectivity index (χ4v) is 3.44. The first-order chi connectivity index (χ1) is 11.4. The van der Waals surface area contributed by atoms with Crippen molar-refractivity contribution in [1.82, 2.24) is 4.90 Å². The fraction of sp³-hybridized carbons (Fsp3) is 0.300. The van der Waals surface area contributed by atoms with Gasteiger partial charge in [0, 0.05) is 12.6 Å². The molecule has 3 rings (SSSR count). The molecule has 0 saturated heterocycles. The molecule has 24 heavy (non-hydrogen) atoms. The van der Waals surface area contributed by atoms with Gasteiger partial charge >= 0.3 is 5.97 Å². The highest BCUT2D eigenvalue weighted by molar-refractivity contribution is 6.00. The quantitative estimate of drug-likeness (QED) is 0.934. The zero-order chi connectivity index (χ0) is 17.4. The average Bonchev–Trinajstić information content (AvgIpc) is 2.57. The third-order valence-corrected chi connectivity index (χ3v) is 4.79. The number of carboxylic acids is 1. The Hall–Kier alpha value is -2.62. The van der Waals surface area contributed by atoms with Crippen LogP contribution in [0, 0.1) is 0 Å². The van der Waals surface area contributed by atoms with Gasteiger partial charge in [-0.05, 0) is 28.7 Å². The lowest BCUT2D eigenvalue weighted by atomic mass is 9.80. The molecule has 2 unspecified atom stereocenters. The summed E-state index contributed by atoms with van der Waals surface area (Å²) in [5.74, 6) is -1.42. The Morgan fingerprint density at radius 3 is 2.29 bits per heavy atom. The van der Waals surface area contributed by atoms with Crippen LogP contribution in [-0.4, -0.2) is 28.9 Å². The standard InChI is InChI=1S/C20H21NO3/c1-12(2)13-8-10-14(11-9-13)18-17(20(23)24)15-6-4-5-7-16(15)19(22)21(18)3/h4-12,17-18H,1-3H3,(H,23,24). The molecule has 4 nitrogen and oxygen atoms in total. The second kappa shape index (κ2) is 6.11. The first-order valence-corrected chi connectivity index (χ1v) is 8.10. The van der Waals surface area contributed by atoms with E-state index in [2.05, 4.69) is 13.8 Å². The minimum Gasteiger partial charge on any atom is -0.481 e. The van der Waals surface area contributed by atoms with Crippen molar-refractivity contribution < 1.29 is 14.7 Å². The maximum absolute atomic E-state index is 12.7. The molecule has 1 aliphatic heterocycles. The number of amides is 1. The van der Waals surface area contributed by atoms with E-state index in [0.717, 1.165) is 5.56 Å². The minimum absolute atomic E-state index is 0.138. The highest BCUT2D eigenvalue weighted by Gasteiger charge is 2.42. The smallest absolute Gasteiger partial charge is 0.313 e. The predicted octanol–water partition coefficient (Wildman–Crippen LogP) is 3.81. The summed E-state index contributed by atoms with van der Waals surface area (Å²) in [6.07, 6.45) is 0. The number of hydrogen-bond donors (Lipinski definition) is 1. The molecule has 0 bridgehead atoms. The third-order valence-electron chi connectivity index (χ3n) is 4.79. The molecular weight excluding hydrogens is 302 g/mol. The van der Waals surface area contributed by atoms with Crippen LogP contribution in [-0.2, 0) is 4.79 Å². The Morgan fingerprint density at radius 1 is 1.08 bits per heavy atom. The van der Waals surface area contributed by atoms with Crippen LogP contribution in [0.3, 0.4) is 0 Å². The zero-order valence-corrected chi connectivity index (χ0v) is 14.1. The number of hydrogen-bond acceptors (Lipinski definition) is 2. The van der Waals surface area contributed by atoms with Crippen molar-refractivity contribution in [1.29, 1.82) is 0 Å². The van der Waals surface area contributed by atoms with Crippen LogP contribution in [0.5, 0.6) is 0 Å². The van der Waals surface area contributed by atoms with E-state index < -0.39 is 17.9 Å². The van der Waals surface area contributed by atoms with E-state index in [1.54, 1.807) is 36.2 Å². The van der Waals surface area contributed by atoms with Gasteiger partial charge in [-0.2, -0.15) is 0 Å². The van der Waals surface area contributed by atoms with Crippen molar-refractivity contribution in [3.05, 3.63) is 70.8 Å². The third kappa shape index (κ3) is 2.58. The maximum Gasteiger partial charge on any atom is 0.313 e.